The van der Waals surface area contributed by atoms with Crippen molar-refractivity contribution in [1.82, 2.24) is 9.21 Å². The number of hydrogen-bond donors (Lipinski definition) is 1. The van der Waals surface area contributed by atoms with Gasteiger partial charge in [-0.3, -0.25) is 9.59 Å². The van der Waals surface area contributed by atoms with E-state index in [1.807, 2.05) is 6.92 Å². The molecule has 1 heterocycles. The van der Waals surface area contributed by atoms with Gasteiger partial charge < -0.3 is 10.6 Å². The largest absolute Gasteiger partial charge is 0.368 e. The Balaban J connectivity index is 1.70. The molecule has 3 rings (SSSR count). The van der Waals surface area contributed by atoms with Crippen molar-refractivity contribution in [2.75, 3.05) is 20.1 Å². The molecular weight excluding hydrogens is 421 g/mol. The van der Waals surface area contributed by atoms with Crippen molar-refractivity contribution in [3.8, 4) is 0 Å². The minimum Gasteiger partial charge on any atom is -0.368 e. The number of amides is 2. The Morgan fingerprint density at radius 1 is 1.13 bits per heavy atom. The van der Waals surface area contributed by atoms with E-state index in [-0.39, 0.29) is 23.9 Å². The lowest BCUT2D eigenvalue weighted by Gasteiger charge is -2.34. The summed E-state index contributed by atoms with van der Waals surface area (Å²) in [5, 5.41) is 0. The van der Waals surface area contributed by atoms with E-state index >= 15 is 0 Å². The van der Waals surface area contributed by atoms with Gasteiger partial charge in [-0.1, -0.05) is 29.8 Å². The lowest BCUT2D eigenvalue weighted by molar-refractivity contribution is -0.142. The fraction of sp³-hybridized carbons (Fsp3) is 0.364. The van der Waals surface area contributed by atoms with Crippen molar-refractivity contribution in [1.29, 1.82) is 0 Å². The van der Waals surface area contributed by atoms with E-state index in [0.29, 0.717) is 18.4 Å². The number of primary amides is 1. The Bertz CT molecular complexity index is 1060. The van der Waals surface area contributed by atoms with E-state index in [1.54, 1.807) is 30.3 Å². The number of sulfonamides is 1. The zero-order valence-electron chi connectivity index (χ0n) is 17.5. The standard InChI is InChI=1S/C22H26FN3O4S/c1-15-6-8-19(9-7-15)31(29,30)26-12-10-16(11-13-26)22(28)25(2)20(21(24)27)17-4-3-5-18(23)14-17/h3-9,14,16,20H,10-13H2,1-2H3,(H2,24,27). The van der Waals surface area contributed by atoms with Crippen LogP contribution in [0.5, 0.6) is 0 Å². The molecule has 1 fully saturated rings. The van der Waals surface area contributed by atoms with Gasteiger partial charge in [-0.25, -0.2) is 12.8 Å². The number of piperidine rings is 1. The maximum absolute atomic E-state index is 13.6. The molecule has 1 atom stereocenters. The van der Waals surface area contributed by atoms with Crippen LogP contribution in [0.1, 0.15) is 30.0 Å². The second-order valence-corrected chi connectivity index (χ2v) is 9.74. The molecule has 2 aromatic carbocycles. The summed E-state index contributed by atoms with van der Waals surface area (Å²) in [6.07, 6.45) is 0.645. The number of rotatable bonds is 6. The second-order valence-electron chi connectivity index (χ2n) is 7.80. The summed E-state index contributed by atoms with van der Waals surface area (Å²) >= 11 is 0. The SMILES string of the molecule is Cc1ccc(S(=O)(=O)N2CCC(C(=O)N(C)C(C(N)=O)c3cccc(F)c3)CC2)cc1. The smallest absolute Gasteiger partial charge is 0.244 e. The summed E-state index contributed by atoms with van der Waals surface area (Å²) in [6, 6.07) is 11.0. The van der Waals surface area contributed by atoms with Gasteiger partial charge >= 0.3 is 0 Å². The van der Waals surface area contributed by atoms with Gasteiger partial charge in [0, 0.05) is 26.1 Å². The minimum atomic E-state index is -3.63. The van der Waals surface area contributed by atoms with Gasteiger partial charge in [0.25, 0.3) is 0 Å². The van der Waals surface area contributed by atoms with Crippen molar-refractivity contribution in [2.45, 2.75) is 30.7 Å². The topological polar surface area (TPSA) is 101 Å². The van der Waals surface area contributed by atoms with E-state index in [2.05, 4.69) is 0 Å². The van der Waals surface area contributed by atoms with Crippen LogP contribution >= 0.6 is 0 Å². The number of aryl methyl sites for hydroxylation is 1. The summed E-state index contributed by atoms with van der Waals surface area (Å²) in [4.78, 5) is 26.5. The van der Waals surface area contributed by atoms with E-state index in [4.69, 9.17) is 5.73 Å². The highest BCUT2D eigenvalue weighted by Crippen LogP contribution is 2.28. The Morgan fingerprint density at radius 2 is 1.74 bits per heavy atom. The Labute approximate surface area is 181 Å². The molecule has 1 unspecified atom stereocenters. The minimum absolute atomic E-state index is 0.196. The first-order valence-electron chi connectivity index (χ1n) is 9.99. The first kappa shape index (κ1) is 22.9. The third-order valence-electron chi connectivity index (χ3n) is 5.63. The zero-order chi connectivity index (χ0) is 22.8. The van der Waals surface area contributed by atoms with Crippen molar-refractivity contribution in [2.24, 2.45) is 11.7 Å². The molecule has 0 aromatic heterocycles. The van der Waals surface area contributed by atoms with Gasteiger partial charge in [0.1, 0.15) is 11.9 Å². The predicted molar refractivity (Wildman–Crippen MR) is 114 cm³/mol. The first-order valence-corrected chi connectivity index (χ1v) is 11.4. The second kappa shape index (κ2) is 9.15. The molecule has 1 aliphatic heterocycles. The van der Waals surface area contributed by atoms with Gasteiger partial charge in [0.2, 0.25) is 21.8 Å². The summed E-state index contributed by atoms with van der Waals surface area (Å²) < 4.78 is 40.7. The number of carbonyl (C=O) groups is 2. The average Bonchev–Trinajstić information content (AvgIpc) is 2.73. The first-order chi connectivity index (χ1) is 14.6. The number of carbonyl (C=O) groups excluding carboxylic acids is 2. The molecule has 0 saturated carbocycles. The third-order valence-corrected chi connectivity index (χ3v) is 7.54. The Kier molecular flexibility index (Phi) is 6.76. The van der Waals surface area contributed by atoms with Crippen LogP contribution in [-0.4, -0.2) is 49.6 Å². The molecule has 1 saturated heterocycles. The van der Waals surface area contributed by atoms with Crippen LogP contribution < -0.4 is 5.73 Å². The molecule has 9 heteroatoms. The van der Waals surface area contributed by atoms with E-state index < -0.39 is 33.7 Å². The van der Waals surface area contributed by atoms with Gasteiger partial charge in [0.15, 0.2) is 0 Å². The Hall–Kier alpha value is -2.78. The van der Waals surface area contributed by atoms with E-state index in [1.165, 1.54) is 34.5 Å². The van der Waals surface area contributed by atoms with Gasteiger partial charge in [-0.15, -0.1) is 0 Å². The lowest BCUT2D eigenvalue weighted by atomic mass is 9.95. The highest BCUT2D eigenvalue weighted by atomic mass is 32.2. The number of halogens is 1. The molecule has 31 heavy (non-hydrogen) atoms. The van der Waals surface area contributed by atoms with Gasteiger partial charge in [-0.2, -0.15) is 4.31 Å². The van der Waals surface area contributed by atoms with Crippen LogP contribution in [-0.2, 0) is 19.6 Å². The third kappa shape index (κ3) is 4.94. The number of hydrogen-bond acceptors (Lipinski definition) is 4. The summed E-state index contributed by atoms with van der Waals surface area (Å²) in [7, 11) is -2.18. The molecule has 2 N–H and O–H groups in total. The van der Waals surface area contributed by atoms with Crippen molar-refractivity contribution >= 4 is 21.8 Å². The fourth-order valence-electron chi connectivity index (χ4n) is 3.87. The normalized spacial score (nSPS) is 16.6. The molecule has 7 nitrogen and oxygen atoms in total. The molecule has 1 aliphatic rings. The quantitative estimate of drug-likeness (QED) is 0.734. The lowest BCUT2D eigenvalue weighted by Crippen LogP contribution is -2.46. The molecular formula is C22H26FN3O4S. The van der Waals surface area contributed by atoms with E-state index in [0.717, 1.165) is 5.56 Å². The molecule has 166 valence electrons. The fourth-order valence-corrected chi connectivity index (χ4v) is 5.34. The van der Waals surface area contributed by atoms with Gasteiger partial charge in [-0.05, 0) is 49.6 Å². The van der Waals surface area contributed by atoms with Crippen LogP contribution in [0.15, 0.2) is 53.4 Å². The number of benzene rings is 2. The van der Waals surface area contributed by atoms with Crippen molar-refractivity contribution in [3.63, 3.8) is 0 Å². The van der Waals surface area contributed by atoms with Crippen LogP contribution in [0.3, 0.4) is 0 Å². The van der Waals surface area contributed by atoms with Crippen LogP contribution in [0.4, 0.5) is 4.39 Å². The van der Waals surface area contributed by atoms with Crippen molar-refractivity contribution < 1.29 is 22.4 Å². The monoisotopic (exact) mass is 447 g/mol. The number of likely N-dealkylation sites (N-methyl/N-ethyl adjacent to an activating group) is 1. The van der Waals surface area contributed by atoms with Crippen LogP contribution in [0, 0.1) is 18.7 Å². The molecule has 0 aliphatic carbocycles. The molecule has 0 bridgehead atoms. The number of nitrogens with two attached hydrogens (primary N) is 1. The van der Waals surface area contributed by atoms with Crippen molar-refractivity contribution in [3.05, 3.63) is 65.5 Å². The molecule has 0 spiro atoms. The summed E-state index contributed by atoms with van der Waals surface area (Å²) in [5.41, 5.74) is 6.76. The van der Waals surface area contributed by atoms with Crippen LogP contribution in [0.2, 0.25) is 0 Å². The maximum atomic E-state index is 13.6. The summed E-state index contributed by atoms with van der Waals surface area (Å²) in [6.45, 7) is 2.27. The molecule has 2 aromatic rings. The van der Waals surface area contributed by atoms with Crippen LogP contribution in [0.25, 0.3) is 0 Å². The highest BCUT2D eigenvalue weighted by Gasteiger charge is 2.36. The Morgan fingerprint density at radius 3 is 2.29 bits per heavy atom. The van der Waals surface area contributed by atoms with Gasteiger partial charge in [0.05, 0.1) is 4.90 Å². The van der Waals surface area contributed by atoms with E-state index in [9.17, 15) is 22.4 Å². The molecule has 0 radical (unpaired) electrons. The summed E-state index contributed by atoms with van der Waals surface area (Å²) in [5.74, 6) is -2.06. The highest BCUT2D eigenvalue weighted by molar-refractivity contribution is 7.89. The molecule has 2 amide bonds. The maximum Gasteiger partial charge on any atom is 0.244 e. The average molecular weight is 448 g/mol. The zero-order valence-corrected chi connectivity index (χ0v) is 18.3. The number of nitrogens with zero attached hydrogens (tertiary/aromatic N) is 2. The predicted octanol–water partition coefficient (Wildman–Crippen LogP) is 2.22.